The predicted octanol–water partition coefficient (Wildman–Crippen LogP) is 2.70. The van der Waals surface area contributed by atoms with Crippen molar-refractivity contribution in [3.05, 3.63) is 47.4 Å². The number of halogens is 1. The topological polar surface area (TPSA) is 42.4 Å². The van der Waals surface area contributed by atoms with Gasteiger partial charge in [-0.05, 0) is 18.1 Å². The van der Waals surface area contributed by atoms with Crippen LogP contribution in [0.25, 0.3) is 11.1 Å². The lowest BCUT2D eigenvalue weighted by molar-refractivity contribution is 0.282. The van der Waals surface area contributed by atoms with Crippen molar-refractivity contribution in [3.8, 4) is 17.0 Å². The molecule has 0 aliphatic heterocycles. The van der Waals surface area contributed by atoms with Crippen molar-refractivity contribution in [2.45, 2.75) is 13.5 Å². The summed E-state index contributed by atoms with van der Waals surface area (Å²) >= 11 is 0. The fourth-order valence-electron chi connectivity index (χ4n) is 1.85. The maximum atomic E-state index is 13.8. The first-order valence-electron chi connectivity index (χ1n) is 5.56. The summed E-state index contributed by atoms with van der Waals surface area (Å²) in [5.74, 6) is -0.0924. The van der Waals surface area contributed by atoms with Gasteiger partial charge in [0.25, 0.3) is 0 Å². The highest BCUT2D eigenvalue weighted by atomic mass is 19.1. The quantitative estimate of drug-likeness (QED) is 0.906. The predicted molar refractivity (Wildman–Crippen MR) is 66.8 cm³/mol. The van der Waals surface area contributed by atoms with Crippen molar-refractivity contribution in [3.63, 3.8) is 0 Å². The van der Waals surface area contributed by atoms with E-state index in [2.05, 4.69) is 4.98 Å². The summed E-state index contributed by atoms with van der Waals surface area (Å²) in [6.45, 7) is 1.79. The zero-order chi connectivity index (χ0) is 13.1. The Hall–Kier alpha value is -1.94. The van der Waals surface area contributed by atoms with Crippen molar-refractivity contribution >= 4 is 0 Å². The second-order valence-corrected chi connectivity index (χ2v) is 4.03. The average Bonchev–Trinajstić information content (AvgIpc) is 2.39. The van der Waals surface area contributed by atoms with Gasteiger partial charge < -0.3 is 9.84 Å². The van der Waals surface area contributed by atoms with Crippen LogP contribution in [-0.4, -0.2) is 17.2 Å². The van der Waals surface area contributed by atoms with Crippen LogP contribution in [0, 0.1) is 12.7 Å². The van der Waals surface area contributed by atoms with Gasteiger partial charge in [-0.2, -0.15) is 0 Å². The minimum Gasteiger partial charge on any atom is -0.481 e. The minimum atomic E-state index is -0.436. The van der Waals surface area contributed by atoms with Gasteiger partial charge in [-0.1, -0.05) is 23.8 Å². The van der Waals surface area contributed by atoms with E-state index >= 15 is 0 Å². The molecule has 0 amide bonds. The Kier molecular flexibility index (Phi) is 3.58. The largest absolute Gasteiger partial charge is 0.481 e. The third kappa shape index (κ3) is 2.33. The van der Waals surface area contributed by atoms with E-state index in [0.29, 0.717) is 22.6 Å². The van der Waals surface area contributed by atoms with Crippen LogP contribution in [0.2, 0.25) is 0 Å². The number of methoxy groups -OCH3 is 1. The summed E-state index contributed by atoms with van der Waals surface area (Å²) < 4.78 is 18.8. The number of ether oxygens (including phenoxy) is 1. The van der Waals surface area contributed by atoms with Crippen LogP contribution in [0.3, 0.4) is 0 Å². The lowest BCUT2D eigenvalue weighted by Crippen LogP contribution is -1.96. The Morgan fingerprint density at radius 2 is 2.06 bits per heavy atom. The molecule has 2 rings (SSSR count). The number of aliphatic hydroxyl groups is 1. The molecule has 2 aromatic rings. The zero-order valence-corrected chi connectivity index (χ0v) is 10.3. The van der Waals surface area contributed by atoms with E-state index < -0.39 is 5.82 Å². The Labute approximate surface area is 105 Å². The van der Waals surface area contributed by atoms with Gasteiger partial charge in [-0.3, -0.25) is 0 Å². The summed E-state index contributed by atoms with van der Waals surface area (Å²) in [5, 5.41) is 9.35. The molecule has 0 unspecified atom stereocenters. The molecule has 18 heavy (non-hydrogen) atoms. The molecule has 0 spiro atoms. The molecule has 1 N–H and O–H groups in total. The number of rotatable bonds is 3. The van der Waals surface area contributed by atoms with E-state index in [1.165, 1.54) is 13.2 Å². The van der Waals surface area contributed by atoms with Crippen molar-refractivity contribution in [2.24, 2.45) is 0 Å². The van der Waals surface area contributed by atoms with Crippen molar-refractivity contribution < 1.29 is 14.2 Å². The number of hydrogen-bond donors (Lipinski definition) is 1. The molecule has 94 valence electrons. The molecular weight excluding hydrogens is 233 g/mol. The van der Waals surface area contributed by atoms with Crippen molar-refractivity contribution in [1.29, 1.82) is 0 Å². The molecular formula is C14H14FNO2. The maximum Gasteiger partial charge on any atom is 0.213 e. The molecule has 0 bridgehead atoms. The SMILES string of the molecule is COc1cc(-c2ccc(C)cc2CO)c(F)cn1. The van der Waals surface area contributed by atoms with Gasteiger partial charge >= 0.3 is 0 Å². The van der Waals surface area contributed by atoms with E-state index in [4.69, 9.17) is 4.74 Å². The number of aliphatic hydroxyl groups excluding tert-OH is 1. The van der Waals surface area contributed by atoms with Gasteiger partial charge in [0.05, 0.1) is 19.9 Å². The van der Waals surface area contributed by atoms with Crippen molar-refractivity contribution in [1.82, 2.24) is 4.98 Å². The van der Waals surface area contributed by atoms with Crippen LogP contribution in [-0.2, 0) is 6.61 Å². The maximum absolute atomic E-state index is 13.8. The third-order valence-electron chi connectivity index (χ3n) is 2.76. The third-order valence-corrected chi connectivity index (χ3v) is 2.76. The highest BCUT2D eigenvalue weighted by Crippen LogP contribution is 2.29. The van der Waals surface area contributed by atoms with E-state index in [1.54, 1.807) is 6.07 Å². The number of pyridine rings is 1. The lowest BCUT2D eigenvalue weighted by Gasteiger charge is -2.10. The van der Waals surface area contributed by atoms with Crippen molar-refractivity contribution in [2.75, 3.05) is 7.11 Å². The van der Waals surface area contributed by atoms with Gasteiger partial charge in [0, 0.05) is 11.6 Å². The highest BCUT2D eigenvalue weighted by molar-refractivity contribution is 5.69. The lowest BCUT2D eigenvalue weighted by atomic mass is 9.98. The van der Waals surface area contributed by atoms with Gasteiger partial charge in [0.2, 0.25) is 5.88 Å². The monoisotopic (exact) mass is 247 g/mol. The van der Waals surface area contributed by atoms with Gasteiger partial charge in [0.15, 0.2) is 0 Å². The summed E-state index contributed by atoms with van der Waals surface area (Å²) in [6.07, 6.45) is 1.12. The normalized spacial score (nSPS) is 10.4. The molecule has 0 aliphatic carbocycles. The standard InChI is InChI=1S/C14H14FNO2/c1-9-3-4-11(10(5-9)8-17)12-6-14(18-2)16-7-13(12)15/h3-7,17H,8H2,1-2H3. The Balaban J connectivity index is 2.60. The molecule has 1 aromatic carbocycles. The smallest absolute Gasteiger partial charge is 0.213 e. The first-order chi connectivity index (χ1) is 8.65. The van der Waals surface area contributed by atoms with Gasteiger partial charge in [-0.25, -0.2) is 9.37 Å². The summed E-state index contributed by atoms with van der Waals surface area (Å²) in [4.78, 5) is 3.80. The molecule has 4 heteroatoms. The van der Waals surface area contributed by atoms with Crippen LogP contribution >= 0.6 is 0 Å². The van der Waals surface area contributed by atoms with Crippen LogP contribution < -0.4 is 4.74 Å². The number of hydrogen-bond acceptors (Lipinski definition) is 3. The molecule has 1 heterocycles. The molecule has 1 aromatic heterocycles. The van der Waals surface area contributed by atoms with Crippen LogP contribution in [0.5, 0.6) is 5.88 Å². The number of nitrogens with zero attached hydrogens (tertiary/aromatic N) is 1. The van der Waals surface area contributed by atoms with Crippen LogP contribution in [0.4, 0.5) is 4.39 Å². The molecule has 0 saturated carbocycles. The van der Waals surface area contributed by atoms with Crippen LogP contribution in [0.15, 0.2) is 30.5 Å². The van der Waals surface area contributed by atoms with Crippen LogP contribution in [0.1, 0.15) is 11.1 Å². The summed E-state index contributed by atoms with van der Waals surface area (Å²) in [6, 6.07) is 7.03. The first-order valence-corrected chi connectivity index (χ1v) is 5.56. The molecule has 0 atom stereocenters. The Morgan fingerprint density at radius 1 is 1.28 bits per heavy atom. The number of aromatic nitrogens is 1. The second-order valence-electron chi connectivity index (χ2n) is 4.03. The number of benzene rings is 1. The first kappa shape index (κ1) is 12.5. The zero-order valence-electron chi connectivity index (χ0n) is 10.3. The molecule has 0 aliphatic rings. The van der Waals surface area contributed by atoms with Gasteiger partial charge in [-0.15, -0.1) is 0 Å². The fourth-order valence-corrected chi connectivity index (χ4v) is 1.85. The fraction of sp³-hybridized carbons (Fsp3) is 0.214. The molecule has 0 saturated heterocycles. The van der Waals surface area contributed by atoms with Gasteiger partial charge in [0.1, 0.15) is 5.82 Å². The number of aryl methyl sites for hydroxylation is 1. The summed E-state index contributed by atoms with van der Waals surface area (Å²) in [7, 11) is 1.48. The summed E-state index contributed by atoms with van der Waals surface area (Å²) in [5.41, 5.74) is 2.73. The Bertz CT molecular complexity index is 570. The molecule has 0 fully saturated rings. The average molecular weight is 247 g/mol. The van der Waals surface area contributed by atoms with E-state index in [9.17, 15) is 9.50 Å². The molecule has 0 radical (unpaired) electrons. The van der Waals surface area contributed by atoms with E-state index in [0.717, 1.165) is 11.8 Å². The molecule has 3 nitrogen and oxygen atoms in total. The minimum absolute atomic E-state index is 0.138. The second kappa shape index (κ2) is 5.14. The Morgan fingerprint density at radius 3 is 2.72 bits per heavy atom. The van der Waals surface area contributed by atoms with E-state index in [-0.39, 0.29) is 6.61 Å². The highest BCUT2D eigenvalue weighted by Gasteiger charge is 2.11. The van der Waals surface area contributed by atoms with E-state index in [1.807, 2.05) is 19.1 Å².